The Bertz CT molecular complexity index is 1850. The first kappa shape index (κ1) is 29.2. The molecule has 42 heavy (non-hydrogen) atoms. The van der Waals surface area contributed by atoms with E-state index >= 15 is 0 Å². The second-order valence-corrected chi connectivity index (χ2v) is 10.5. The van der Waals surface area contributed by atoms with Crippen LogP contribution >= 0.6 is 0 Å². The summed E-state index contributed by atoms with van der Waals surface area (Å²) in [6.07, 6.45) is -7.05. The summed E-state index contributed by atoms with van der Waals surface area (Å²) in [7, 11) is 1.35. The maximum atomic E-state index is 13.9. The largest absolute Gasteiger partial charge is 0.477 e. The minimum atomic E-state index is -4.58. The third-order valence-electron chi connectivity index (χ3n) is 7.94. The topological polar surface area (TPSA) is 108 Å². The van der Waals surface area contributed by atoms with Crippen molar-refractivity contribution in [3.8, 4) is 5.69 Å². The Morgan fingerprint density at radius 2 is 1.74 bits per heavy atom. The minimum Gasteiger partial charge on any atom is -0.477 e. The van der Waals surface area contributed by atoms with E-state index in [9.17, 15) is 50.6 Å². The molecule has 9 nitrogen and oxygen atoms in total. The maximum Gasteiger partial charge on any atom is 0.395 e. The van der Waals surface area contributed by atoms with Gasteiger partial charge in [-0.3, -0.25) is 23.1 Å². The van der Waals surface area contributed by atoms with Gasteiger partial charge in [0.25, 0.3) is 5.56 Å². The van der Waals surface area contributed by atoms with Gasteiger partial charge in [0.15, 0.2) is 0 Å². The Morgan fingerprint density at radius 1 is 1.05 bits per heavy atom. The van der Waals surface area contributed by atoms with Crippen molar-refractivity contribution in [1.82, 2.24) is 18.3 Å². The molecule has 0 saturated carbocycles. The number of nitrogens with zero attached hydrogens (tertiary/aromatic N) is 4. The van der Waals surface area contributed by atoms with E-state index in [0.717, 1.165) is 19.9 Å². The van der Waals surface area contributed by atoms with Crippen molar-refractivity contribution in [2.45, 2.75) is 51.1 Å². The lowest BCUT2D eigenvalue weighted by Crippen LogP contribution is -2.44. The number of aryl methyl sites for hydroxylation is 2. The van der Waals surface area contributed by atoms with Gasteiger partial charge in [-0.2, -0.15) is 26.3 Å². The van der Waals surface area contributed by atoms with E-state index in [-0.39, 0.29) is 40.7 Å². The number of imidazole rings is 1. The summed E-state index contributed by atoms with van der Waals surface area (Å²) >= 11 is 0. The summed E-state index contributed by atoms with van der Waals surface area (Å²) in [6.45, 7) is 0.687. The van der Waals surface area contributed by atoms with Crippen LogP contribution in [0.1, 0.15) is 42.6 Å². The first-order valence-corrected chi connectivity index (χ1v) is 12.9. The Morgan fingerprint density at radius 3 is 2.36 bits per heavy atom. The number of aromatic nitrogens is 4. The van der Waals surface area contributed by atoms with Crippen molar-refractivity contribution in [3.63, 3.8) is 0 Å². The molecule has 1 aromatic carbocycles. The summed E-state index contributed by atoms with van der Waals surface area (Å²) in [5, 5.41) is 9.75. The monoisotopic (exact) mass is 598 g/mol. The molecule has 2 aromatic heterocycles. The summed E-state index contributed by atoms with van der Waals surface area (Å²) in [4.78, 5) is 51.7. The number of hydrogen-bond donors (Lipinski definition) is 1. The molecule has 0 saturated heterocycles. The lowest BCUT2D eigenvalue weighted by Gasteiger charge is -2.30. The summed E-state index contributed by atoms with van der Waals surface area (Å²) in [6, 6.07) is 2.72. The number of allylic oxidation sites excluding steroid dienone is 4. The highest BCUT2D eigenvalue weighted by Gasteiger charge is 2.49. The molecular weight excluding hydrogens is 574 g/mol. The van der Waals surface area contributed by atoms with Gasteiger partial charge in [-0.1, -0.05) is 24.6 Å². The predicted molar refractivity (Wildman–Crippen MR) is 138 cm³/mol. The molecular formula is C27H24F6N4O5. The lowest BCUT2D eigenvalue weighted by atomic mass is 9.80. The SMILES string of the molecule is CC1C=CC2=C(CC[C@H]2n2c(=O)c(C(=O)O)cn(-c3ccc4c(c3)n(CCC(F)(F)F)c(=O)n4C)c2=O)C1C(F)(F)F. The molecule has 15 heteroatoms. The summed E-state index contributed by atoms with van der Waals surface area (Å²) in [5.41, 5.74) is -3.53. The number of carboxylic acids is 1. The summed E-state index contributed by atoms with van der Waals surface area (Å²) in [5.74, 6) is -4.40. The maximum absolute atomic E-state index is 13.9. The summed E-state index contributed by atoms with van der Waals surface area (Å²) < 4.78 is 83.9. The Kier molecular flexibility index (Phi) is 6.89. The average Bonchev–Trinajstić information content (AvgIpc) is 3.39. The molecule has 224 valence electrons. The van der Waals surface area contributed by atoms with Crippen LogP contribution in [0.3, 0.4) is 0 Å². The molecule has 1 N–H and O–H groups in total. The van der Waals surface area contributed by atoms with E-state index in [1.807, 2.05) is 0 Å². The molecule has 0 radical (unpaired) electrons. The van der Waals surface area contributed by atoms with Gasteiger partial charge in [0, 0.05) is 19.8 Å². The molecule has 3 aromatic rings. The molecule has 2 heterocycles. The zero-order valence-corrected chi connectivity index (χ0v) is 22.2. The molecule has 2 unspecified atom stereocenters. The van der Waals surface area contributed by atoms with Crippen LogP contribution in [0.5, 0.6) is 0 Å². The predicted octanol–water partition coefficient (Wildman–Crippen LogP) is 4.32. The first-order chi connectivity index (χ1) is 19.5. The van der Waals surface area contributed by atoms with Crippen LogP contribution in [0.25, 0.3) is 16.7 Å². The van der Waals surface area contributed by atoms with Crippen LogP contribution in [-0.4, -0.2) is 41.7 Å². The van der Waals surface area contributed by atoms with Gasteiger partial charge in [0.05, 0.1) is 35.1 Å². The fourth-order valence-corrected chi connectivity index (χ4v) is 5.99. The van der Waals surface area contributed by atoms with Crippen molar-refractivity contribution in [2.24, 2.45) is 18.9 Å². The molecule has 0 spiro atoms. The van der Waals surface area contributed by atoms with Gasteiger partial charge in [-0.25, -0.2) is 14.4 Å². The van der Waals surface area contributed by atoms with E-state index in [0.29, 0.717) is 4.57 Å². The normalized spacial score (nSPS) is 20.9. The van der Waals surface area contributed by atoms with Crippen LogP contribution < -0.4 is 16.9 Å². The molecule has 3 atom stereocenters. The number of halogens is 6. The Labute approximate surface area is 232 Å². The van der Waals surface area contributed by atoms with Crippen LogP contribution in [0.2, 0.25) is 0 Å². The molecule has 0 fully saturated rings. The molecule has 2 aliphatic rings. The zero-order valence-electron chi connectivity index (χ0n) is 22.2. The fourth-order valence-electron chi connectivity index (χ4n) is 5.99. The van der Waals surface area contributed by atoms with E-state index < -0.39 is 71.7 Å². The fraction of sp³-hybridized carbons (Fsp3) is 0.407. The van der Waals surface area contributed by atoms with Crippen molar-refractivity contribution in [3.05, 3.63) is 84.6 Å². The smallest absolute Gasteiger partial charge is 0.395 e. The lowest BCUT2D eigenvalue weighted by molar-refractivity contribution is -0.172. The van der Waals surface area contributed by atoms with Gasteiger partial charge in [-0.05, 0) is 42.5 Å². The molecule has 0 amide bonds. The molecule has 0 aliphatic heterocycles. The van der Waals surface area contributed by atoms with Crippen molar-refractivity contribution in [1.29, 1.82) is 0 Å². The van der Waals surface area contributed by atoms with Gasteiger partial charge in [0.2, 0.25) is 0 Å². The van der Waals surface area contributed by atoms with Crippen LogP contribution in [0, 0.1) is 11.8 Å². The Balaban J connectivity index is 1.70. The number of alkyl halides is 6. The number of fused-ring (bicyclic) bond motifs is 1. The number of hydrogen-bond acceptors (Lipinski definition) is 4. The highest BCUT2D eigenvalue weighted by atomic mass is 19.4. The van der Waals surface area contributed by atoms with Crippen molar-refractivity contribution < 1.29 is 36.2 Å². The van der Waals surface area contributed by atoms with E-state index in [2.05, 4.69) is 0 Å². The van der Waals surface area contributed by atoms with E-state index in [1.54, 1.807) is 0 Å². The number of benzene rings is 1. The van der Waals surface area contributed by atoms with Crippen LogP contribution in [0.4, 0.5) is 26.3 Å². The third kappa shape index (κ3) is 4.79. The second-order valence-electron chi connectivity index (χ2n) is 10.5. The minimum absolute atomic E-state index is 0.0221. The second kappa shape index (κ2) is 9.91. The molecule has 5 rings (SSSR count). The molecule has 0 bridgehead atoms. The highest BCUT2D eigenvalue weighted by molar-refractivity contribution is 5.87. The van der Waals surface area contributed by atoms with Crippen LogP contribution in [0.15, 0.2) is 62.1 Å². The zero-order chi connectivity index (χ0) is 30.9. The average molecular weight is 599 g/mol. The Hall–Kier alpha value is -4.30. The van der Waals surface area contributed by atoms with Crippen molar-refractivity contribution in [2.75, 3.05) is 0 Å². The quantitative estimate of drug-likeness (QED) is 0.441. The first-order valence-electron chi connectivity index (χ1n) is 12.9. The van der Waals surface area contributed by atoms with Crippen molar-refractivity contribution >= 4 is 17.0 Å². The number of aromatic carboxylic acids is 1. The van der Waals surface area contributed by atoms with E-state index in [4.69, 9.17) is 0 Å². The number of rotatable bonds is 5. The number of carbonyl (C=O) groups is 1. The van der Waals surface area contributed by atoms with Gasteiger partial charge >= 0.3 is 29.7 Å². The number of carboxylic acid groups (broad SMARTS) is 1. The van der Waals surface area contributed by atoms with Crippen LogP contribution in [-0.2, 0) is 13.6 Å². The van der Waals surface area contributed by atoms with Gasteiger partial charge in [-0.15, -0.1) is 0 Å². The van der Waals surface area contributed by atoms with Gasteiger partial charge in [0.1, 0.15) is 5.56 Å². The standard InChI is InChI=1S/C27H24F6N4O5/c1-13-3-5-15-16(21(13)27(31,32)33)6-8-18(15)37-22(38)17(23(39)40)12-36(25(37)42)14-4-7-19-20(11-14)35(24(41)34(19)2)10-9-26(28,29)30/h3-5,7,11-13,18,21H,6,8-10H2,1-2H3,(H,39,40)/t13?,18-,21?/m1/s1. The van der Waals surface area contributed by atoms with E-state index in [1.165, 1.54) is 44.3 Å². The highest BCUT2D eigenvalue weighted by Crippen LogP contribution is 2.50. The third-order valence-corrected chi connectivity index (χ3v) is 7.94. The molecule has 2 aliphatic carbocycles. The van der Waals surface area contributed by atoms with Gasteiger partial charge < -0.3 is 5.11 Å².